The van der Waals surface area contributed by atoms with Crippen LogP contribution >= 0.6 is 0 Å². The van der Waals surface area contributed by atoms with E-state index >= 15 is 0 Å². The maximum atomic E-state index is 11.8. The number of esters is 1. The molecule has 3 heteroatoms. The number of fused-ring (bicyclic) bond motifs is 6. The Bertz CT molecular complexity index is 747. The molecule has 1 saturated heterocycles. The van der Waals surface area contributed by atoms with Crippen molar-refractivity contribution >= 4 is 5.97 Å². The van der Waals surface area contributed by atoms with Crippen LogP contribution in [0.2, 0.25) is 0 Å². The molecule has 0 aromatic heterocycles. The normalized spacial score (nSPS) is 49.3. The Hall–Kier alpha value is -0.570. The number of epoxide rings is 1. The highest BCUT2D eigenvalue weighted by Crippen LogP contribution is 2.69. The average Bonchev–Trinajstić information content (AvgIpc) is 3.29. The van der Waals surface area contributed by atoms with Crippen molar-refractivity contribution in [2.24, 2.45) is 52.3 Å². The van der Waals surface area contributed by atoms with Crippen LogP contribution in [0.15, 0.2) is 0 Å². The van der Waals surface area contributed by atoms with E-state index in [1.54, 1.807) is 0 Å². The Morgan fingerprint density at radius 3 is 2.39 bits per heavy atom. The standard InChI is InChI=1S/C30H50O3/c1-19(2)8-7-9-20(3)24-12-13-25-23-11-10-22-18-30(32-21(4)31)27(33-30)15-17-28(22,5)26(23)14-16-29(24,25)6/h19-20,22-27H,7-18H2,1-6H3/t20-,22+,23-,24-,25+,26+,27+,28+,29+,30+/m1/s1. The van der Waals surface area contributed by atoms with E-state index in [9.17, 15) is 4.79 Å². The molecule has 5 fully saturated rings. The lowest BCUT2D eigenvalue weighted by Gasteiger charge is -2.59. The Labute approximate surface area is 203 Å². The lowest BCUT2D eigenvalue weighted by molar-refractivity contribution is -0.163. The monoisotopic (exact) mass is 458 g/mol. The van der Waals surface area contributed by atoms with E-state index in [0.29, 0.717) is 16.7 Å². The van der Waals surface area contributed by atoms with Crippen molar-refractivity contribution < 1.29 is 14.3 Å². The van der Waals surface area contributed by atoms with Crippen LogP contribution in [0.25, 0.3) is 0 Å². The summed E-state index contributed by atoms with van der Waals surface area (Å²) in [5.74, 6) is 5.25. The zero-order valence-electron chi connectivity index (χ0n) is 22.3. The molecule has 0 aromatic carbocycles. The van der Waals surface area contributed by atoms with Gasteiger partial charge in [-0.15, -0.1) is 0 Å². The highest BCUT2D eigenvalue weighted by Gasteiger charge is 2.67. The molecule has 188 valence electrons. The predicted octanol–water partition coefficient (Wildman–Crippen LogP) is 7.77. The maximum absolute atomic E-state index is 11.8. The quantitative estimate of drug-likeness (QED) is 0.301. The van der Waals surface area contributed by atoms with Crippen molar-refractivity contribution in [2.45, 2.75) is 130 Å². The van der Waals surface area contributed by atoms with E-state index in [0.717, 1.165) is 48.3 Å². The van der Waals surface area contributed by atoms with Crippen LogP contribution in [0.5, 0.6) is 0 Å². The first kappa shape index (κ1) is 24.1. The molecule has 0 unspecified atom stereocenters. The van der Waals surface area contributed by atoms with Gasteiger partial charge in [0, 0.05) is 13.3 Å². The summed E-state index contributed by atoms with van der Waals surface area (Å²) >= 11 is 0. The summed E-state index contributed by atoms with van der Waals surface area (Å²) in [4.78, 5) is 11.8. The summed E-state index contributed by atoms with van der Waals surface area (Å²) in [6, 6.07) is 0. The third-order valence-corrected chi connectivity index (χ3v) is 11.8. The SMILES string of the molecule is CC(=O)O[C@]12C[C@@H]3CC[C@H]4[C@H](CC[C@@]5(C)[C@@H]([C@H](C)CCCC(C)C)CC[C@@H]45)[C@@]3(C)CC[C@@H]1O2. The van der Waals surface area contributed by atoms with Crippen LogP contribution in [-0.2, 0) is 14.3 Å². The molecule has 4 aliphatic carbocycles. The van der Waals surface area contributed by atoms with Gasteiger partial charge < -0.3 is 9.47 Å². The fourth-order valence-corrected chi connectivity index (χ4v) is 10.1. The lowest BCUT2D eigenvalue weighted by Crippen LogP contribution is -2.52. The first-order chi connectivity index (χ1) is 15.6. The summed E-state index contributed by atoms with van der Waals surface area (Å²) in [7, 11) is 0. The molecule has 1 heterocycles. The van der Waals surface area contributed by atoms with Crippen LogP contribution < -0.4 is 0 Å². The fourth-order valence-electron chi connectivity index (χ4n) is 10.1. The number of rotatable bonds is 6. The minimum atomic E-state index is -0.575. The van der Waals surface area contributed by atoms with E-state index in [1.165, 1.54) is 71.1 Å². The third-order valence-electron chi connectivity index (χ3n) is 11.8. The van der Waals surface area contributed by atoms with E-state index in [-0.39, 0.29) is 12.1 Å². The number of hydrogen-bond acceptors (Lipinski definition) is 3. The predicted molar refractivity (Wildman–Crippen MR) is 132 cm³/mol. The molecule has 0 radical (unpaired) electrons. The molecule has 5 aliphatic rings. The third kappa shape index (κ3) is 4.01. The summed E-state index contributed by atoms with van der Waals surface area (Å²) in [5, 5.41) is 0. The van der Waals surface area contributed by atoms with Crippen molar-refractivity contribution in [1.29, 1.82) is 0 Å². The lowest BCUT2D eigenvalue weighted by atomic mass is 9.45. The Morgan fingerprint density at radius 2 is 1.67 bits per heavy atom. The Morgan fingerprint density at radius 1 is 0.939 bits per heavy atom. The number of ether oxygens (including phenoxy) is 2. The molecule has 0 aromatic rings. The van der Waals surface area contributed by atoms with Gasteiger partial charge >= 0.3 is 5.97 Å². The summed E-state index contributed by atoms with van der Waals surface area (Å²) < 4.78 is 11.8. The van der Waals surface area contributed by atoms with E-state index < -0.39 is 5.79 Å². The van der Waals surface area contributed by atoms with Gasteiger partial charge in [-0.05, 0) is 104 Å². The van der Waals surface area contributed by atoms with Gasteiger partial charge in [0.05, 0.1) is 0 Å². The van der Waals surface area contributed by atoms with Gasteiger partial charge in [0.25, 0.3) is 0 Å². The average molecular weight is 459 g/mol. The first-order valence-electron chi connectivity index (χ1n) is 14.5. The zero-order valence-corrected chi connectivity index (χ0v) is 22.3. The number of carbonyl (C=O) groups excluding carboxylic acids is 1. The van der Waals surface area contributed by atoms with Gasteiger partial charge in [0.15, 0.2) is 0 Å². The molecule has 0 bridgehead atoms. The van der Waals surface area contributed by atoms with Crippen molar-refractivity contribution in [3.63, 3.8) is 0 Å². The topological polar surface area (TPSA) is 38.8 Å². The van der Waals surface area contributed by atoms with Gasteiger partial charge in [0.2, 0.25) is 5.79 Å². The molecule has 10 atom stereocenters. The first-order valence-corrected chi connectivity index (χ1v) is 14.5. The van der Waals surface area contributed by atoms with Crippen LogP contribution in [0.3, 0.4) is 0 Å². The second-order valence-electron chi connectivity index (χ2n) is 13.9. The van der Waals surface area contributed by atoms with E-state index in [1.807, 2.05) is 0 Å². The van der Waals surface area contributed by atoms with Gasteiger partial charge in [-0.1, -0.05) is 53.9 Å². The van der Waals surface area contributed by atoms with Crippen molar-refractivity contribution in [1.82, 2.24) is 0 Å². The molecule has 1 aliphatic heterocycles. The smallest absolute Gasteiger partial charge is 0.305 e. The van der Waals surface area contributed by atoms with Crippen molar-refractivity contribution in [3.8, 4) is 0 Å². The van der Waals surface area contributed by atoms with Gasteiger partial charge in [0.1, 0.15) is 6.10 Å². The molecule has 0 N–H and O–H groups in total. The highest BCUT2D eigenvalue weighted by atomic mass is 16.8. The Balaban J connectivity index is 1.29. The maximum Gasteiger partial charge on any atom is 0.305 e. The van der Waals surface area contributed by atoms with Crippen LogP contribution in [-0.4, -0.2) is 17.9 Å². The van der Waals surface area contributed by atoms with Gasteiger partial charge in [-0.2, -0.15) is 0 Å². The highest BCUT2D eigenvalue weighted by molar-refractivity contribution is 5.66. The van der Waals surface area contributed by atoms with Gasteiger partial charge in [-0.3, -0.25) is 4.79 Å². The molecular formula is C30H50O3. The van der Waals surface area contributed by atoms with Crippen LogP contribution in [0, 0.1) is 52.3 Å². The Kier molecular flexibility index (Phi) is 6.24. The van der Waals surface area contributed by atoms with Crippen molar-refractivity contribution in [3.05, 3.63) is 0 Å². The molecule has 4 saturated carbocycles. The number of hydrogen-bond donors (Lipinski definition) is 0. The molecule has 5 rings (SSSR count). The van der Waals surface area contributed by atoms with Gasteiger partial charge in [-0.25, -0.2) is 0 Å². The van der Waals surface area contributed by atoms with Crippen LogP contribution in [0.4, 0.5) is 0 Å². The molecule has 0 spiro atoms. The summed E-state index contributed by atoms with van der Waals surface area (Å²) in [5.41, 5.74) is 0.964. The minimum absolute atomic E-state index is 0.152. The second kappa shape index (κ2) is 8.52. The molecule has 33 heavy (non-hydrogen) atoms. The summed E-state index contributed by atoms with van der Waals surface area (Å²) in [6.45, 7) is 14.2. The van der Waals surface area contributed by atoms with Crippen molar-refractivity contribution in [2.75, 3.05) is 0 Å². The summed E-state index contributed by atoms with van der Waals surface area (Å²) in [6.07, 6.45) is 16.1. The number of carbonyl (C=O) groups is 1. The minimum Gasteiger partial charge on any atom is -0.430 e. The van der Waals surface area contributed by atoms with Crippen LogP contribution in [0.1, 0.15) is 119 Å². The largest absolute Gasteiger partial charge is 0.430 e. The van der Waals surface area contributed by atoms with E-state index in [2.05, 4.69) is 34.6 Å². The molecule has 3 nitrogen and oxygen atoms in total. The molecular weight excluding hydrogens is 408 g/mol. The fraction of sp³-hybridized carbons (Fsp3) is 0.967. The molecule has 0 amide bonds. The van der Waals surface area contributed by atoms with E-state index in [4.69, 9.17) is 9.47 Å². The second-order valence-corrected chi connectivity index (χ2v) is 13.9. The zero-order chi connectivity index (χ0) is 23.6.